The van der Waals surface area contributed by atoms with E-state index in [0.717, 1.165) is 51.0 Å². The van der Waals surface area contributed by atoms with E-state index in [-0.39, 0.29) is 17.7 Å². The van der Waals surface area contributed by atoms with Gasteiger partial charge in [-0.3, -0.25) is 4.79 Å². The van der Waals surface area contributed by atoms with E-state index in [1.165, 1.54) is 0 Å². The molecule has 1 aromatic carbocycles. The number of carbonyl (C=O) groups excluding carboxylic acids is 1. The first-order valence-corrected chi connectivity index (χ1v) is 10.4. The van der Waals surface area contributed by atoms with Crippen LogP contribution in [0.15, 0.2) is 18.2 Å². The van der Waals surface area contributed by atoms with Crippen LogP contribution >= 0.6 is 23.2 Å². The molecule has 0 spiro atoms. The van der Waals surface area contributed by atoms with Crippen LogP contribution in [0.2, 0.25) is 10.0 Å². The molecule has 2 rings (SSSR count). The number of nitrogens with zero attached hydrogens (tertiary/aromatic N) is 2. The van der Waals surface area contributed by atoms with Crippen LogP contribution in [-0.2, 0) is 4.79 Å². The van der Waals surface area contributed by atoms with Crippen molar-refractivity contribution in [2.75, 3.05) is 26.2 Å². The monoisotopic (exact) mass is 397 g/mol. The predicted octanol–water partition coefficient (Wildman–Crippen LogP) is 5.27. The van der Waals surface area contributed by atoms with Crippen LogP contribution in [-0.4, -0.2) is 47.9 Å². The fraction of sp³-hybridized carbons (Fsp3) is 0.619. The standard InChI is InChI=1S/C21H31Cl2N2O/c1-5-25(21(26)15(2)3)18-9-12-24(13-10-18)11-8-16(4)17-6-7-19(22)20(23)14-17/h6-7,14-16,18H,4-5,8-13H2,1-3H3. The lowest BCUT2D eigenvalue weighted by Crippen LogP contribution is -2.48. The first kappa shape index (κ1) is 21.5. The second kappa shape index (κ2) is 9.96. The highest BCUT2D eigenvalue weighted by Crippen LogP contribution is 2.28. The minimum Gasteiger partial charge on any atom is -0.340 e. The van der Waals surface area contributed by atoms with E-state index in [2.05, 4.69) is 23.6 Å². The molecular formula is C21H31Cl2N2O. The molecule has 0 saturated carbocycles. The lowest BCUT2D eigenvalue weighted by molar-refractivity contribution is -0.137. The summed E-state index contributed by atoms with van der Waals surface area (Å²) in [4.78, 5) is 16.9. The Morgan fingerprint density at radius 1 is 1.27 bits per heavy atom. The van der Waals surface area contributed by atoms with Crippen LogP contribution in [0, 0.1) is 12.8 Å². The Morgan fingerprint density at radius 3 is 2.46 bits per heavy atom. The third-order valence-electron chi connectivity index (χ3n) is 5.32. The molecule has 1 aromatic rings. The Kier molecular flexibility index (Phi) is 8.25. The summed E-state index contributed by atoms with van der Waals surface area (Å²) < 4.78 is 0. The van der Waals surface area contributed by atoms with E-state index < -0.39 is 0 Å². The number of piperidine rings is 1. The molecule has 1 unspecified atom stereocenters. The Balaban J connectivity index is 1.81. The van der Waals surface area contributed by atoms with E-state index in [4.69, 9.17) is 23.2 Å². The summed E-state index contributed by atoms with van der Waals surface area (Å²) in [6, 6.07) is 6.16. The van der Waals surface area contributed by atoms with E-state index in [9.17, 15) is 4.79 Å². The average molecular weight is 398 g/mol. The first-order chi connectivity index (χ1) is 12.3. The number of amides is 1. The molecule has 0 aromatic heterocycles. The molecule has 1 atom stereocenters. The van der Waals surface area contributed by atoms with Crippen molar-refractivity contribution in [2.45, 2.75) is 52.0 Å². The third kappa shape index (κ3) is 5.61. The molecule has 1 radical (unpaired) electrons. The number of benzene rings is 1. The molecule has 145 valence electrons. The quantitative estimate of drug-likeness (QED) is 0.625. The number of halogens is 2. The Bertz CT molecular complexity index is 598. The lowest BCUT2D eigenvalue weighted by atomic mass is 9.96. The average Bonchev–Trinajstić information content (AvgIpc) is 2.63. The van der Waals surface area contributed by atoms with Gasteiger partial charge in [0.05, 0.1) is 10.0 Å². The number of likely N-dealkylation sites (tertiary alicyclic amines) is 1. The second-order valence-electron chi connectivity index (χ2n) is 7.51. The zero-order valence-corrected chi connectivity index (χ0v) is 17.7. The summed E-state index contributed by atoms with van der Waals surface area (Å²) in [5.41, 5.74) is 1.13. The van der Waals surface area contributed by atoms with Crippen molar-refractivity contribution in [3.63, 3.8) is 0 Å². The summed E-state index contributed by atoms with van der Waals surface area (Å²) in [6.07, 6.45) is 3.10. The highest BCUT2D eigenvalue weighted by Gasteiger charge is 2.28. The van der Waals surface area contributed by atoms with Crippen molar-refractivity contribution >= 4 is 29.1 Å². The van der Waals surface area contributed by atoms with Crippen molar-refractivity contribution < 1.29 is 4.79 Å². The van der Waals surface area contributed by atoms with E-state index in [1.54, 1.807) is 0 Å². The van der Waals surface area contributed by atoms with Crippen LogP contribution in [0.4, 0.5) is 0 Å². The van der Waals surface area contributed by atoms with Crippen molar-refractivity contribution in [3.05, 3.63) is 40.7 Å². The lowest BCUT2D eigenvalue weighted by Gasteiger charge is -2.39. The smallest absolute Gasteiger partial charge is 0.225 e. The van der Waals surface area contributed by atoms with Gasteiger partial charge < -0.3 is 9.80 Å². The van der Waals surface area contributed by atoms with Gasteiger partial charge in [0.2, 0.25) is 5.91 Å². The maximum Gasteiger partial charge on any atom is 0.225 e. The van der Waals surface area contributed by atoms with Gasteiger partial charge in [0.1, 0.15) is 0 Å². The summed E-state index contributed by atoms with van der Waals surface area (Å²) in [5, 5.41) is 1.18. The van der Waals surface area contributed by atoms with Gasteiger partial charge in [-0.2, -0.15) is 0 Å². The van der Waals surface area contributed by atoms with Crippen molar-refractivity contribution in [2.24, 2.45) is 5.92 Å². The SMILES string of the molecule is [CH2]C(CCN1CCC(N(CC)C(=O)C(C)C)CC1)c1ccc(Cl)c(Cl)c1. The molecule has 1 saturated heterocycles. The van der Waals surface area contributed by atoms with Crippen LogP contribution in [0.1, 0.15) is 51.5 Å². The predicted molar refractivity (Wildman–Crippen MR) is 111 cm³/mol. The maximum absolute atomic E-state index is 12.4. The Labute approximate surface area is 168 Å². The fourth-order valence-electron chi connectivity index (χ4n) is 3.65. The molecule has 0 bridgehead atoms. The van der Waals surface area contributed by atoms with Crippen LogP contribution in [0.25, 0.3) is 0 Å². The van der Waals surface area contributed by atoms with Crippen LogP contribution in [0.5, 0.6) is 0 Å². The van der Waals surface area contributed by atoms with Gasteiger partial charge in [-0.25, -0.2) is 0 Å². The molecule has 3 nitrogen and oxygen atoms in total. The van der Waals surface area contributed by atoms with Crippen molar-refractivity contribution in [1.29, 1.82) is 0 Å². The topological polar surface area (TPSA) is 23.6 Å². The third-order valence-corrected chi connectivity index (χ3v) is 6.06. The zero-order chi connectivity index (χ0) is 19.3. The molecular weight excluding hydrogens is 367 g/mol. The van der Waals surface area contributed by atoms with Crippen LogP contribution in [0.3, 0.4) is 0 Å². The van der Waals surface area contributed by atoms with Gasteiger partial charge in [-0.15, -0.1) is 0 Å². The zero-order valence-electron chi connectivity index (χ0n) is 16.2. The molecule has 1 aliphatic heterocycles. The molecule has 1 amide bonds. The molecule has 1 fully saturated rings. The van der Waals surface area contributed by atoms with Crippen molar-refractivity contribution in [3.8, 4) is 0 Å². The Hall–Kier alpha value is -0.770. The number of carbonyl (C=O) groups is 1. The van der Waals surface area contributed by atoms with E-state index >= 15 is 0 Å². The first-order valence-electron chi connectivity index (χ1n) is 9.64. The molecule has 1 heterocycles. The summed E-state index contributed by atoms with van der Waals surface area (Å²) >= 11 is 12.1. The van der Waals surface area contributed by atoms with Gasteiger partial charge in [-0.1, -0.05) is 43.1 Å². The maximum atomic E-state index is 12.4. The minimum absolute atomic E-state index is 0.0751. The second-order valence-corrected chi connectivity index (χ2v) is 8.33. The molecule has 0 N–H and O–H groups in total. The highest BCUT2D eigenvalue weighted by atomic mass is 35.5. The van der Waals surface area contributed by atoms with Crippen molar-refractivity contribution in [1.82, 2.24) is 9.80 Å². The number of hydrogen-bond acceptors (Lipinski definition) is 2. The van der Waals surface area contributed by atoms with Gasteiger partial charge in [-0.05, 0) is 63.3 Å². The van der Waals surface area contributed by atoms with E-state index in [0.29, 0.717) is 16.1 Å². The Morgan fingerprint density at radius 2 is 1.92 bits per heavy atom. The largest absolute Gasteiger partial charge is 0.340 e. The number of rotatable bonds is 7. The molecule has 1 aliphatic rings. The van der Waals surface area contributed by atoms with Gasteiger partial charge in [0, 0.05) is 31.6 Å². The van der Waals surface area contributed by atoms with Gasteiger partial charge in [0.25, 0.3) is 0 Å². The van der Waals surface area contributed by atoms with E-state index in [1.807, 2.05) is 32.0 Å². The van der Waals surface area contributed by atoms with Gasteiger partial charge >= 0.3 is 0 Å². The highest BCUT2D eigenvalue weighted by molar-refractivity contribution is 6.42. The summed E-state index contributed by atoms with van der Waals surface area (Å²) in [5.74, 6) is 0.562. The van der Waals surface area contributed by atoms with Gasteiger partial charge in [0.15, 0.2) is 0 Å². The summed E-state index contributed by atoms with van der Waals surface area (Å²) in [6.45, 7) is 14.2. The fourth-order valence-corrected chi connectivity index (χ4v) is 3.96. The molecule has 0 aliphatic carbocycles. The number of hydrogen-bond donors (Lipinski definition) is 0. The molecule has 26 heavy (non-hydrogen) atoms. The van der Waals surface area contributed by atoms with Crippen LogP contribution < -0.4 is 0 Å². The molecule has 5 heteroatoms. The normalized spacial score (nSPS) is 17.5. The minimum atomic E-state index is 0.0751. The summed E-state index contributed by atoms with van der Waals surface area (Å²) in [7, 11) is 0.